The van der Waals surface area contributed by atoms with Gasteiger partial charge in [-0.25, -0.2) is 0 Å². The molecule has 0 saturated heterocycles. The van der Waals surface area contributed by atoms with Gasteiger partial charge < -0.3 is 20.1 Å². The first kappa shape index (κ1) is 25.0. The van der Waals surface area contributed by atoms with Crippen molar-refractivity contribution in [2.45, 2.75) is 25.1 Å². The van der Waals surface area contributed by atoms with Crippen molar-refractivity contribution >= 4 is 29.3 Å². The van der Waals surface area contributed by atoms with Crippen LogP contribution in [0.3, 0.4) is 0 Å². The molecular formula is C22H23F2N5O4S. The molecule has 0 aliphatic heterocycles. The molecule has 12 heteroatoms. The Hall–Kier alpha value is -3.67. The smallest absolute Gasteiger partial charge is 0.387 e. The fourth-order valence-electron chi connectivity index (χ4n) is 3.02. The number of benzene rings is 2. The summed E-state index contributed by atoms with van der Waals surface area (Å²) in [6, 6.07) is 11.8. The van der Waals surface area contributed by atoms with Gasteiger partial charge in [-0.2, -0.15) is 8.78 Å². The number of aromatic nitrogens is 3. The molecular weight excluding hydrogens is 468 g/mol. The zero-order valence-corrected chi connectivity index (χ0v) is 19.3. The highest BCUT2D eigenvalue weighted by molar-refractivity contribution is 7.99. The van der Waals surface area contributed by atoms with E-state index in [0.717, 1.165) is 11.3 Å². The van der Waals surface area contributed by atoms with Gasteiger partial charge in [0.25, 0.3) is 0 Å². The number of amides is 2. The van der Waals surface area contributed by atoms with Gasteiger partial charge in [0.1, 0.15) is 6.33 Å². The maximum atomic E-state index is 12.4. The minimum atomic E-state index is -2.94. The second kappa shape index (κ2) is 12.0. The number of rotatable bonds is 11. The Morgan fingerprint density at radius 2 is 2.00 bits per heavy atom. The molecule has 0 radical (unpaired) electrons. The summed E-state index contributed by atoms with van der Waals surface area (Å²) in [5.41, 5.74) is 2.18. The minimum absolute atomic E-state index is 0.0478. The van der Waals surface area contributed by atoms with Crippen molar-refractivity contribution in [3.8, 4) is 17.2 Å². The van der Waals surface area contributed by atoms with Gasteiger partial charge in [0, 0.05) is 19.2 Å². The van der Waals surface area contributed by atoms with E-state index in [2.05, 4.69) is 25.6 Å². The molecule has 0 bridgehead atoms. The lowest BCUT2D eigenvalue weighted by Gasteiger charge is -2.12. The second-order valence-electron chi connectivity index (χ2n) is 6.97. The van der Waals surface area contributed by atoms with Gasteiger partial charge in [-0.3, -0.25) is 14.2 Å². The molecule has 2 N–H and O–H groups in total. The number of nitrogens with one attached hydrogen (secondary N) is 2. The lowest BCUT2D eigenvalue weighted by molar-refractivity contribution is -0.118. The highest BCUT2D eigenvalue weighted by atomic mass is 32.2. The molecule has 0 spiro atoms. The van der Waals surface area contributed by atoms with Crippen molar-refractivity contribution in [3.63, 3.8) is 0 Å². The molecule has 3 aromatic rings. The van der Waals surface area contributed by atoms with Gasteiger partial charge in [0.05, 0.1) is 18.6 Å². The standard InChI is InChI=1S/C22H23F2N5O4S/c1-14(30)27-16-4-3-5-17(11-16)29-13-26-28-22(29)34-12-20(31)25-9-8-15-6-7-18(33-21(23)24)19(10-15)32-2/h3-7,10-11,13,21H,8-9,12H2,1-2H3,(H,25,31)(H,27,30). The Morgan fingerprint density at radius 1 is 1.18 bits per heavy atom. The average molecular weight is 492 g/mol. The third-order valence-corrected chi connectivity index (χ3v) is 5.42. The second-order valence-corrected chi connectivity index (χ2v) is 7.91. The molecule has 3 rings (SSSR count). The predicted molar refractivity (Wildman–Crippen MR) is 123 cm³/mol. The Kier molecular flexibility index (Phi) is 8.79. The summed E-state index contributed by atoms with van der Waals surface area (Å²) in [7, 11) is 1.37. The van der Waals surface area contributed by atoms with E-state index in [1.807, 2.05) is 6.07 Å². The van der Waals surface area contributed by atoms with Gasteiger partial charge in [-0.1, -0.05) is 23.9 Å². The van der Waals surface area contributed by atoms with Crippen molar-refractivity contribution in [3.05, 3.63) is 54.4 Å². The van der Waals surface area contributed by atoms with E-state index in [4.69, 9.17) is 4.74 Å². The summed E-state index contributed by atoms with van der Waals surface area (Å²) in [6.45, 7) is -1.16. The maximum absolute atomic E-state index is 12.4. The van der Waals surface area contributed by atoms with E-state index >= 15 is 0 Å². The van der Waals surface area contributed by atoms with Crippen molar-refractivity contribution < 1.29 is 27.8 Å². The molecule has 0 unspecified atom stereocenters. The van der Waals surface area contributed by atoms with Crippen LogP contribution >= 0.6 is 11.8 Å². The fraction of sp³-hybridized carbons (Fsp3) is 0.273. The molecule has 1 heterocycles. The number of carbonyl (C=O) groups excluding carboxylic acids is 2. The predicted octanol–water partition coefficient (Wildman–Crippen LogP) is 3.29. The first-order valence-corrected chi connectivity index (χ1v) is 11.1. The number of alkyl halides is 2. The highest BCUT2D eigenvalue weighted by Gasteiger charge is 2.13. The van der Waals surface area contributed by atoms with Gasteiger partial charge >= 0.3 is 6.61 Å². The SMILES string of the molecule is COc1cc(CCNC(=O)CSc2nncn2-c2cccc(NC(C)=O)c2)ccc1OC(F)F. The number of hydrogen-bond acceptors (Lipinski definition) is 7. The van der Waals surface area contributed by atoms with E-state index < -0.39 is 6.61 Å². The summed E-state index contributed by atoms with van der Waals surface area (Å²) >= 11 is 1.22. The van der Waals surface area contributed by atoms with E-state index in [1.54, 1.807) is 34.9 Å². The van der Waals surface area contributed by atoms with Crippen LogP contribution in [0.2, 0.25) is 0 Å². The van der Waals surface area contributed by atoms with E-state index in [9.17, 15) is 18.4 Å². The first-order valence-electron chi connectivity index (χ1n) is 10.1. The zero-order chi connectivity index (χ0) is 24.5. The number of ether oxygens (including phenoxy) is 2. The summed E-state index contributed by atoms with van der Waals surface area (Å²) < 4.78 is 36.1. The largest absolute Gasteiger partial charge is 0.493 e. The van der Waals surface area contributed by atoms with Gasteiger partial charge in [-0.05, 0) is 42.3 Å². The molecule has 0 atom stereocenters. The number of anilines is 1. The summed E-state index contributed by atoms with van der Waals surface area (Å²) in [6.07, 6.45) is 2.01. The molecule has 0 saturated carbocycles. The number of nitrogens with zero attached hydrogens (tertiary/aromatic N) is 3. The van der Waals surface area contributed by atoms with Crippen LogP contribution in [0.5, 0.6) is 11.5 Å². The maximum Gasteiger partial charge on any atom is 0.387 e. The number of thioether (sulfide) groups is 1. The zero-order valence-electron chi connectivity index (χ0n) is 18.5. The number of carbonyl (C=O) groups is 2. The van der Waals surface area contributed by atoms with Crippen LogP contribution in [0.4, 0.5) is 14.5 Å². The quantitative estimate of drug-likeness (QED) is 0.397. The third kappa shape index (κ3) is 7.17. The minimum Gasteiger partial charge on any atom is -0.493 e. The molecule has 1 aromatic heterocycles. The van der Waals surface area contributed by atoms with E-state index in [1.165, 1.54) is 38.2 Å². The lowest BCUT2D eigenvalue weighted by Crippen LogP contribution is -2.27. The van der Waals surface area contributed by atoms with E-state index in [-0.39, 0.29) is 29.1 Å². The normalized spacial score (nSPS) is 10.7. The van der Waals surface area contributed by atoms with Crippen molar-refractivity contribution in [1.82, 2.24) is 20.1 Å². The topological polar surface area (TPSA) is 107 Å². The Labute approximate surface area is 198 Å². The Bertz CT molecular complexity index is 1140. The van der Waals surface area contributed by atoms with Crippen LogP contribution in [0, 0.1) is 0 Å². The summed E-state index contributed by atoms with van der Waals surface area (Å²) in [4.78, 5) is 23.6. The number of halogens is 2. The molecule has 0 fully saturated rings. The van der Waals surface area contributed by atoms with E-state index in [0.29, 0.717) is 23.8 Å². The molecule has 34 heavy (non-hydrogen) atoms. The van der Waals surface area contributed by atoms with Crippen molar-refractivity contribution in [2.24, 2.45) is 0 Å². The van der Waals surface area contributed by atoms with Crippen LogP contribution in [-0.2, 0) is 16.0 Å². The monoisotopic (exact) mass is 491 g/mol. The summed E-state index contributed by atoms with van der Waals surface area (Å²) in [5, 5.41) is 14.0. The lowest BCUT2D eigenvalue weighted by atomic mass is 10.1. The third-order valence-electron chi connectivity index (χ3n) is 4.47. The molecule has 2 aromatic carbocycles. The van der Waals surface area contributed by atoms with Crippen LogP contribution < -0.4 is 20.1 Å². The Balaban J connectivity index is 1.51. The van der Waals surface area contributed by atoms with Crippen LogP contribution in [-0.4, -0.2) is 52.6 Å². The average Bonchev–Trinajstić information content (AvgIpc) is 3.27. The van der Waals surface area contributed by atoms with Crippen LogP contribution in [0.25, 0.3) is 5.69 Å². The van der Waals surface area contributed by atoms with Crippen molar-refractivity contribution in [2.75, 3.05) is 24.7 Å². The molecule has 180 valence electrons. The van der Waals surface area contributed by atoms with Crippen molar-refractivity contribution in [1.29, 1.82) is 0 Å². The number of methoxy groups -OCH3 is 1. The van der Waals surface area contributed by atoms with Gasteiger partial charge in [0.15, 0.2) is 16.7 Å². The molecule has 9 nitrogen and oxygen atoms in total. The van der Waals surface area contributed by atoms with Gasteiger partial charge in [0.2, 0.25) is 11.8 Å². The van der Waals surface area contributed by atoms with Gasteiger partial charge in [-0.15, -0.1) is 10.2 Å². The van der Waals surface area contributed by atoms with Crippen LogP contribution in [0.15, 0.2) is 53.9 Å². The summed E-state index contributed by atoms with van der Waals surface area (Å²) in [5.74, 6) is -0.108. The molecule has 2 amide bonds. The number of hydrogen-bond donors (Lipinski definition) is 2. The fourth-order valence-corrected chi connectivity index (χ4v) is 3.78. The Morgan fingerprint density at radius 3 is 2.74 bits per heavy atom. The van der Waals surface area contributed by atoms with Crippen LogP contribution in [0.1, 0.15) is 12.5 Å². The molecule has 0 aliphatic carbocycles. The highest BCUT2D eigenvalue weighted by Crippen LogP contribution is 2.29. The first-order chi connectivity index (χ1) is 16.4. The molecule has 0 aliphatic rings.